The summed E-state index contributed by atoms with van der Waals surface area (Å²) in [5, 5.41) is 92.5. The van der Waals surface area contributed by atoms with Crippen molar-refractivity contribution < 1.29 is 136 Å². The number of aliphatic carboxylic acids is 6. The predicted molar refractivity (Wildman–Crippen MR) is 342 cm³/mol. The normalized spacial score (nSPS) is 23.2. The lowest BCUT2D eigenvalue weighted by Crippen LogP contribution is -2.64. The van der Waals surface area contributed by atoms with E-state index in [2.05, 4.69) is 21.3 Å². The van der Waals surface area contributed by atoms with Crippen LogP contribution in [0.3, 0.4) is 0 Å². The van der Waals surface area contributed by atoms with Crippen molar-refractivity contribution in [3.63, 3.8) is 0 Å². The summed E-state index contributed by atoms with van der Waals surface area (Å²) in [6.45, 7) is 10.4. The average molecular weight is 1410 g/mol. The van der Waals surface area contributed by atoms with Crippen molar-refractivity contribution in [3.05, 3.63) is 22.8 Å². The van der Waals surface area contributed by atoms with Gasteiger partial charge in [-0.25, -0.2) is 14.4 Å². The first kappa shape index (κ1) is 84.6. The highest BCUT2D eigenvalue weighted by Gasteiger charge is 2.76. The van der Waals surface area contributed by atoms with Crippen LogP contribution in [0.25, 0.3) is 0 Å². The van der Waals surface area contributed by atoms with Crippen LogP contribution in [0.5, 0.6) is 0 Å². The number of carboxylic acid groups (broad SMARTS) is 6. The molecule has 3 aliphatic rings. The minimum atomic E-state index is -2.73. The molecule has 2 aliphatic carbocycles. The van der Waals surface area contributed by atoms with Crippen LogP contribution >= 0.6 is 0 Å². The third-order valence-electron chi connectivity index (χ3n) is 17.8. The fourth-order valence-electron chi connectivity index (χ4n) is 12.3. The molecular weight excluding hydrogens is 1310 g/mol. The van der Waals surface area contributed by atoms with Gasteiger partial charge in [0.15, 0.2) is 29.5 Å². The smallest absolute Gasteiger partial charge is 0.341 e. The molecule has 556 valence electrons. The van der Waals surface area contributed by atoms with Gasteiger partial charge in [-0.05, 0) is 97.3 Å². The van der Waals surface area contributed by atoms with Gasteiger partial charge in [-0.3, -0.25) is 57.5 Å². The summed E-state index contributed by atoms with van der Waals surface area (Å²) < 4.78 is 30.0. The number of fused-ring (bicyclic) bond motifs is 3. The van der Waals surface area contributed by atoms with Gasteiger partial charge in [0.25, 0.3) is 0 Å². The zero-order valence-corrected chi connectivity index (χ0v) is 57.2. The van der Waals surface area contributed by atoms with Gasteiger partial charge in [-0.2, -0.15) is 0 Å². The molecule has 3 rings (SSSR count). The molecule has 0 aromatic carbocycles. The van der Waals surface area contributed by atoms with E-state index in [-0.39, 0.29) is 36.1 Å². The Balaban J connectivity index is 1.65. The second-order valence-electron chi connectivity index (χ2n) is 25.7. The number of allylic oxidation sites excluding steroid dienone is 1. The van der Waals surface area contributed by atoms with E-state index in [4.69, 9.17) is 28.8 Å². The first-order valence-corrected chi connectivity index (χ1v) is 33.5. The Morgan fingerprint density at radius 3 is 1.39 bits per heavy atom. The van der Waals surface area contributed by atoms with Crippen molar-refractivity contribution >= 4 is 89.3 Å². The number of unbranched alkanes of at least 4 members (excludes halogenated alkanes) is 12. The summed E-state index contributed by atoms with van der Waals surface area (Å²) in [6.07, 6.45) is -2.44. The van der Waals surface area contributed by atoms with Crippen LogP contribution < -0.4 is 26.6 Å². The van der Waals surface area contributed by atoms with Crippen LogP contribution in [0.2, 0.25) is 0 Å². The third kappa shape index (κ3) is 25.9. The van der Waals surface area contributed by atoms with Gasteiger partial charge in [0.2, 0.25) is 23.6 Å². The number of hydrogen-bond acceptors (Lipinski definition) is 23. The van der Waals surface area contributed by atoms with E-state index < -0.39 is 231 Å². The van der Waals surface area contributed by atoms with Crippen LogP contribution in [0.4, 0.5) is 0 Å². The van der Waals surface area contributed by atoms with E-state index in [0.29, 0.717) is 44.9 Å². The molecule has 1 heterocycles. The number of aliphatic hydroxyl groups is 2. The maximum atomic E-state index is 13.8. The number of carboxylic acids is 6. The van der Waals surface area contributed by atoms with Crippen molar-refractivity contribution in [2.75, 3.05) is 6.54 Å². The summed E-state index contributed by atoms with van der Waals surface area (Å²) in [7, 11) is 0. The van der Waals surface area contributed by atoms with Crippen LogP contribution in [0.15, 0.2) is 22.8 Å². The largest absolute Gasteiger partial charge is 0.481 e. The van der Waals surface area contributed by atoms with Gasteiger partial charge in [0.05, 0.1) is 18.4 Å². The van der Waals surface area contributed by atoms with E-state index in [1.807, 2.05) is 12.2 Å². The molecular formula is C66H99N5O28. The molecule has 1 saturated heterocycles. The molecule has 33 nitrogen and oxygen atoms in total. The van der Waals surface area contributed by atoms with Gasteiger partial charge >= 0.3 is 65.7 Å². The Morgan fingerprint density at radius 2 is 0.970 bits per heavy atom. The SMILES string of the molecule is C/C=C(/C)C(=O)O[C@@H]1C(C)=C2[C@H]3OC(=O)[C@](C)(O)[C@]3(O)[C@H](OC(=O)CCCCCCCCCCCN[C@@H](CC(=O)O)C(=O)N[C@@H](CCC(=O)O)C(=O)N[C@@H](CCC(=O)O)C(=O)N[C@@H](CCC(=O)O)C(=O)N[C@@H](CCC(=O)O)C(=O)O)C[C@@](C)(OC(C)=O)[C@@H]2[C@H]1OC(=O)CCCCCCC. The Labute approximate surface area is 572 Å². The Kier molecular flexibility index (Phi) is 34.6. The highest BCUT2D eigenvalue weighted by atomic mass is 16.6. The second kappa shape index (κ2) is 40.5. The van der Waals surface area contributed by atoms with E-state index in [1.54, 1.807) is 6.92 Å². The highest BCUT2D eigenvalue weighted by molar-refractivity contribution is 5.96. The fraction of sp³-hybridized carbons (Fsp3) is 0.712. The first-order chi connectivity index (χ1) is 46.4. The molecule has 1 aliphatic heterocycles. The van der Waals surface area contributed by atoms with E-state index in [1.165, 1.54) is 26.8 Å². The van der Waals surface area contributed by atoms with E-state index >= 15 is 0 Å². The number of ether oxygens (including phenoxy) is 5. The Hall–Kier alpha value is -8.59. The monoisotopic (exact) mass is 1410 g/mol. The molecule has 33 heteroatoms. The van der Waals surface area contributed by atoms with Crippen molar-refractivity contribution in [1.29, 1.82) is 0 Å². The zero-order chi connectivity index (χ0) is 74.5. The molecule has 0 radical (unpaired) electrons. The summed E-state index contributed by atoms with van der Waals surface area (Å²) in [4.78, 5) is 191. The summed E-state index contributed by atoms with van der Waals surface area (Å²) >= 11 is 0. The molecule has 13 N–H and O–H groups in total. The lowest BCUT2D eigenvalue weighted by molar-refractivity contribution is -0.212. The Morgan fingerprint density at radius 1 is 0.556 bits per heavy atom. The first-order valence-electron chi connectivity index (χ1n) is 33.5. The van der Waals surface area contributed by atoms with Gasteiger partial charge < -0.3 is 91.1 Å². The number of esters is 5. The molecule has 2 fully saturated rings. The fourth-order valence-corrected chi connectivity index (χ4v) is 12.3. The number of hydrogen-bond donors (Lipinski definition) is 13. The van der Waals surface area contributed by atoms with Gasteiger partial charge in [-0.1, -0.05) is 83.6 Å². The minimum absolute atomic E-state index is 0.00982. The topological polar surface area (TPSA) is 524 Å². The number of nitrogens with one attached hydrogen (secondary N) is 5. The average Bonchev–Trinajstić information content (AvgIpc) is 1.53. The summed E-state index contributed by atoms with van der Waals surface area (Å²) in [5.41, 5.74) is -6.85. The second-order valence-corrected chi connectivity index (χ2v) is 25.7. The number of rotatable bonds is 47. The van der Waals surface area contributed by atoms with Gasteiger partial charge in [0, 0.05) is 57.4 Å². The molecule has 13 atom stereocenters. The number of amides is 4. The lowest BCUT2D eigenvalue weighted by Gasteiger charge is -2.41. The van der Waals surface area contributed by atoms with E-state index in [9.17, 15) is 108 Å². The highest BCUT2D eigenvalue weighted by Crippen LogP contribution is 2.57. The molecule has 0 aromatic rings. The lowest BCUT2D eigenvalue weighted by atomic mass is 9.75. The van der Waals surface area contributed by atoms with Crippen LogP contribution in [0.1, 0.15) is 215 Å². The van der Waals surface area contributed by atoms with E-state index in [0.717, 1.165) is 58.8 Å². The van der Waals surface area contributed by atoms with Crippen molar-refractivity contribution in [1.82, 2.24) is 26.6 Å². The standard InChI is InChI=1S/C66H99N5O28/c1-8-10-11-17-20-24-51(84)96-55-53-52(37(4)54(55)97-62(91)36(3)9-2)56-66(94,65(7,93)63(92)98-56)44(35-64(53,6)99-38(5)72)95-50(83)23-21-18-15-13-12-14-16-19-22-33-67-43(34-49(81)82)60(88)70-40(26-30-46(75)76)58(86)68-39(25-29-45(73)74)57(85)69-41(27-31-47(77)78)59(87)71-42(61(89)90)28-32-48(79)80/h9,39-44,53-56,67,93-94H,8,10-35H2,1-7H3,(H,68,86)(H,69,85)(H,70,88)(H,71,87)(H,73,74)(H,75,76)(H,77,78)(H,79,80)(H,81,82)(H,89,90)/b36-9-/t39-,40-,41-,42-,43-,44+,53-,54+,55+,56+,64+,65-,66-/m0/s1. The van der Waals surface area contributed by atoms with Crippen molar-refractivity contribution in [2.45, 2.75) is 287 Å². The molecule has 4 amide bonds. The summed E-state index contributed by atoms with van der Waals surface area (Å²) in [6, 6.07) is -8.80. The predicted octanol–water partition coefficient (Wildman–Crippen LogP) is 2.94. The molecule has 0 aromatic heterocycles. The summed E-state index contributed by atoms with van der Waals surface area (Å²) in [5.74, 6) is -19.4. The van der Waals surface area contributed by atoms with Crippen molar-refractivity contribution in [2.24, 2.45) is 5.92 Å². The Bertz CT molecular complexity index is 2980. The quantitative estimate of drug-likeness (QED) is 0.0137. The van der Waals surface area contributed by atoms with Crippen LogP contribution in [-0.4, -0.2) is 208 Å². The molecule has 99 heavy (non-hydrogen) atoms. The molecule has 0 unspecified atom stereocenters. The van der Waals surface area contributed by atoms with Crippen LogP contribution in [0, 0.1) is 5.92 Å². The van der Waals surface area contributed by atoms with Gasteiger partial charge in [-0.15, -0.1) is 0 Å². The van der Waals surface area contributed by atoms with Crippen LogP contribution in [-0.2, 0) is 95.6 Å². The minimum Gasteiger partial charge on any atom is -0.481 e. The van der Waals surface area contributed by atoms with Crippen molar-refractivity contribution in [3.8, 4) is 0 Å². The zero-order valence-electron chi connectivity index (χ0n) is 57.2. The molecule has 0 spiro atoms. The molecule has 0 bridgehead atoms. The number of carbonyl (C=O) groups excluding carboxylic acids is 9. The van der Waals surface area contributed by atoms with Gasteiger partial charge in [0.1, 0.15) is 35.9 Å². The molecule has 1 saturated carbocycles. The third-order valence-corrected chi connectivity index (χ3v) is 17.8. The maximum Gasteiger partial charge on any atom is 0.341 e. The maximum absolute atomic E-state index is 13.8. The number of carbonyl (C=O) groups is 15.